The van der Waals surface area contributed by atoms with Crippen molar-refractivity contribution in [2.75, 3.05) is 44.7 Å². The molecule has 8 nitrogen and oxygen atoms in total. The molecule has 0 radical (unpaired) electrons. The van der Waals surface area contributed by atoms with Crippen LogP contribution in [0.1, 0.15) is 37.0 Å². The molecule has 38 heavy (non-hydrogen) atoms. The Morgan fingerprint density at radius 3 is 2.47 bits per heavy atom. The Morgan fingerprint density at radius 2 is 1.82 bits per heavy atom. The zero-order chi connectivity index (χ0) is 27.1. The second kappa shape index (κ2) is 12.5. The number of amides is 2. The molecule has 0 bridgehead atoms. The van der Waals surface area contributed by atoms with Crippen LogP contribution in [0, 0.1) is 5.82 Å². The minimum Gasteiger partial charge on any atom is -0.497 e. The van der Waals surface area contributed by atoms with E-state index in [-0.39, 0.29) is 30.0 Å². The molecule has 2 amide bonds. The minimum atomic E-state index is -0.473. The normalized spacial score (nSPS) is 14.5. The van der Waals surface area contributed by atoms with Gasteiger partial charge < -0.3 is 19.4 Å². The summed E-state index contributed by atoms with van der Waals surface area (Å²) < 4.78 is 18.9. The highest BCUT2D eigenvalue weighted by Crippen LogP contribution is 2.22. The van der Waals surface area contributed by atoms with E-state index < -0.39 is 5.82 Å². The molecule has 200 valence electrons. The number of carbonyl (C=O) groups is 2. The lowest BCUT2D eigenvalue weighted by atomic mass is 10.1. The molecule has 0 unspecified atom stereocenters. The fraction of sp³-hybridized carbons (Fsp3) is 0.379. The summed E-state index contributed by atoms with van der Waals surface area (Å²) in [5.74, 6) is 0.624. The molecule has 0 saturated carbocycles. The van der Waals surface area contributed by atoms with Gasteiger partial charge in [-0.3, -0.25) is 9.59 Å². The van der Waals surface area contributed by atoms with Gasteiger partial charge in [-0.15, -0.1) is 10.2 Å². The van der Waals surface area contributed by atoms with Crippen LogP contribution in [0.2, 0.25) is 0 Å². The highest BCUT2D eigenvalue weighted by Gasteiger charge is 2.27. The van der Waals surface area contributed by atoms with Crippen molar-refractivity contribution in [2.45, 2.75) is 32.7 Å². The van der Waals surface area contributed by atoms with Crippen LogP contribution in [-0.4, -0.2) is 77.7 Å². The van der Waals surface area contributed by atoms with Gasteiger partial charge in [0.15, 0.2) is 5.82 Å². The number of anilines is 1. The molecule has 2 heterocycles. The second-order valence-corrected chi connectivity index (χ2v) is 9.43. The summed E-state index contributed by atoms with van der Waals surface area (Å²) in [5.41, 5.74) is 1.98. The quantitative estimate of drug-likeness (QED) is 0.442. The zero-order valence-electron chi connectivity index (χ0n) is 22.1. The van der Waals surface area contributed by atoms with Crippen LogP contribution in [0.4, 0.5) is 10.2 Å². The standard InChI is InChI=1S/C29H34FN5O3/c1-4-21(2)35(29(37)23-7-5-8-24(30)19-23)20-28(36)34-16-6-15-33(17-18-34)27-14-13-26(31-32-27)22-9-11-25(38-3)12-10-22/h5,7-14,19,21H,4,6,15-18,20H2,1-3H3/t21-/m1/s1. The molecule has 1 fully saturated rings. The summed E-state index contributed by atoms with van der Waals surface area (Å²) in [6, 6.07) is 17.0. The van der Waals surface area contributed by atoms with Crippen LogP contribution in [-0.2, 0) is 4.79 Å². The fourth-order valence-electron chi connectivity index (χ4n) is 4.49. The Labute approximate surface area is 223 Å². The lowest BCUT2D eigenvalue weighted by molar-refractivity contribution is -0.132. The van der Waals surface area contributed by atoms with Gasteiger partial charge >= 0.3 is 0 Å². The predicted octanol–water partition coefficient (Wildman–Crippen LogP) is 4.27. The Balaban J connectivity index is 1.39. The Morgan fingerprint density at radius 1 is 1.03 bits per heavy atom. The summed E-state index contributed by atoms with van der Waals surface area (Å²) >= 11 is 0. The molecule has 2 aromatic carbocycles. The van der Waals surface area contributed by atoms with E-state index in [1.54, 1.807) is 23.0 Å². The van der Waals surface area contributed by atoms with Crippen LogP contribution >= 0.6 is 0 Å². The molecular weight excluding hydrogens is 485 g/mol. The van der Waals surface area contributed by atoms with Gasteiger partial charge in [0.2, 0.25) is 5.91 Å². The molecule has 0 N–H and O–H groups in total. The number of benzene rings is 2. The lowest BCUT2D eigenvalue weighted by Gasteiger charge is -2.31. The third-order valence-corrected chi connectivity index (χ3v) is 6.97. The SMILES string of the molecule is CC[C@@H](C)N(CC(=O)N1CCCN(c2ccc(-c3ccc(OC)cc3)nn2)CC1)C(=O)c1cccc(F)c1. The first-order valence-electron chi connectivity index (χ1n) is 13.0. The van der Waals surface area contributed by atoms with Crippen LogP contribution in [0.15, 0.2) is 60.7 Å². The number of nitrogens with zero attached hydrogens (tertiary/aromatic N) is 5. The van der Waals surface area contributed by atoms with E-state index in [4.69, 9.17) is 4.74 Å². The van der Waals surface area contributed by atoms with E-state index in [0.717, 1.165) is 35.8 Å². The van der Waals surface area contributed by atoms with Crippen molar-refractivity contribution in [2.24, 2.45) is 0 Å². The average Bonchev–Trinajstić information content (AvgIpc) is 3.22. The van der Waals surface area contributed by atoms with Crippen LogP contribution in [0.3, 0.4) is 0 Å². The van der Waals surface area contributed by atoms with E-state index in [2.05, 4.69) is 15.1 Å². The van der Waals surface area contributed by atoms with Gasteiger partial charge in [-0.25, -0.2) is 4.39 Å². The molecule has 4 rings (SSSR count). The second-order valence-electron chi connectivity index (χ2n) is 9.43. The number of aromatic nitrogens is 2. The summed E-state index contributed by atoms with van der Waals surface area (Å²) in [6.45, 7) is 6.30. The maximum absolute atomic E-state index is 13.7. The number of hydrogen-bond acceptors (Lipinski definition) is 6. The average molecular weight is 520 g/mol. The van der Waals surface area contributed by atoms with Gasteiger partial charge in [0.1, 0.15) is 18.1 Å². The van der Waals surface area contributed by atoms with E-state index in [1.807, 2.05) is 50.2 Å². The molecule has 1 aliphatic rings. The van der Waals surface area contributed by atoms with E-state index >= 15 is 0 Å². The predicted molar refractivity (Wildman–Crippen MR) is 145 cm³/mol. The van der Waals surface area contributed by atoms with Gasteiger partial charge in [-0.05, 0) is 74.4 Å². The molecule has 1 saturated heterocycles. The molecular formula is C29H34FN5O3. The Bertz CT molecular complexity index is 1240. The molecule has 9 heteroatoms. The largest absolute Gasteiger partial charge is 0.497 e. The number of carbonyl (C=O) groups excluding carboxylic acids is 2. The highest BCUT2D eigenvalue weighted by atomic mass is 19.1. The molecule has 3 aromatic rings. The topological polar surface area (TPSA) is 78.9 Å². The number of hydrogen-bond donors (Lipinski definition) is 0. The first-order chi connectivity index (χ1) is 18.4. The van der Waals surface area contributed by atoms with Crippen molar-refractivity contribution in [1.82, 2.24) is 20.0 Å². The van der Waals surface area contributed by atoms with Gasteiger partial charge in [0.25, 0.3) is 5.91 Å². The smallest absolute Gasteiger partial charge is 0.254 e. The number of halogens is 1. The third kappa shape index (κ3) is 6.45. The highest BCUT2D eigenvalue weighted by molar-refractivity contribution is 5.96. The lowest BCUT2D eigenvalue weighted by Crippen LogP contribution is -2.47. The fourth-order valence-corrected chi connectivity index (χ4v) is 4.49. The van der Waals surface area contributed by atoms with E-state index in [0.29, 0.717) is 26.1 Å². The van der Waals surface area contributed by atoms with Crippen molar-refractivity contribution < 1.29 is 18.7 Å². The van der Waals surface area contributed by atoms with Gasteiger partial charge in [0, 0.05) is 43.3 Å². The third-order valence-electron chi connectivity index (χ3n) is 6.97. The maximum Gasteiger partial charge on any atom is 0.254 e. The van der Waals surface area contributed by atoms with E-state index in [9.17, 15) is 14.0 Å². The summed E-state index contributed by atoms with van der Waals surface area (Å²) in [6.07, 6.45) is 1.46. The maximum atomic E-state index is 13.7. The van der Waals surface area contributed by atoms with Gasteiger partial charge in [-0.1, -0.05) is 13.0 Å². The monoisotopic (exact) mass is 519 g/mol. The first kappa shape index (κ1) is 27.0. The minimum absolute atomic E-state index is 0.0410. The summed E-state index contributed by atoms with van der Waals surface area (Å²) in [5, 5.41) is 8.84. The van der Waals surface area contributed by atoms with E-state index in [1.165, 1.54) is 18.2 Å². The summed E-state index contributed by atoms with van der Waals surface area (Å²) in [7, 11) is 1.63. The van der Waals surface area contributed by atoms with Crippen molar-refractivity contribution in [3.05, 3.63) is 72.0 Å². The number of methoxy groups -OCH3 is 1. The molecule has 0 spiro atoms. The zero-order valence-corrected chi connectivity index (χ0v) is 22.1. The Hall–Kier alpha value is -4.01. The van der Waals surface area contributed by atoms with Crippen molar-refractivity contribution >= 4 is 17.6 Å². The number of rotatable bonds is 8. The van der Waals surface area contributed by atoms with Gasteiger partial charge in [0.05, 0.1) is 12.8 Å². The van der Waals surface area contributed by atoms with Crippen LogP contribution in [0.25, 0.3) is 11.3 Å². The molecule has 1 atom stereocenters. The van der Waals surface area contributed by atoms with Crippen molar-refractivity contribution in [3.63, 3.8) is 0 Å². The molecule has 0 aliphatic carbocycles. The van der Waals surface area contributed by atoms with Crippen LogP contribution in [0.5, 0.6) is 5.75 Å². The van der Waals surface area contributed by atoms with Crippen LogP contribution < -0.4 is 9.64 Å². The summed E-state index contributed by atoms with van der Waals surface area (Å²) in [4.78, 5) is 31.9. The van der Waals surface area contributed by atoms with Crippen molar-refractivity contribution in [1.29, 1.82) is 0 Å². The van der Waals surface area contributed by atoms with Gasteiger partial charge in [-0.2, -0.15) is 0 Å². The molecule has 1 aromatic heterocycles. The first-order valence-corrected chi connectivity index (χ1v) is 13.0. The van der Waals surface area contributed by atoms with Crippen molar-refractivity contribution in [3.8, 4) is 17.0 Å². The Kier molecular flexibility index (Phi) is 8.89. The molecule has 1 aliphatic heterocycles. The number of ether oxygens (including phenoxy) is 1.